The third kappa shape index (κ3) is 7.33. The molecular weight excluding hydrogens is 370 g/mol. The molecule has 0 amide bonds. The fourth-order valence-corrected chi connectivity index (χ4v) is 2.60. The summed E-state index contributed by atoms with van der Waals surface area (Å²) < 4.78 is 15.3. The summed E-state index contributed by atoms with van der Waals surface area (Å²) in [4.78, 5) is 22.9. The summed E-state index contributed by atoms with van der Waals surface area (Å²) in [6.07, 6.45) is 2.32. The van der Waals surface area contributed by atoms with Gasteiger partial charge in [0.2, 0.25) is 0 Å². The number of anilines is 1. The van der Waals surface area contributed by atoms with Gasteiger partial charge in [0.25, 0.3) is 0 Å². The van der Waals surface area contributed by atoms with Crippen LogP contribution in [0.4, 0.5) is 5.69 Å². The normalized spacial score (nSPS) is 10.9. The lowest BCUT2D eigenvalue weighted by molar-refractivity contribution is -0.137. The van der Waals surface area contributed by atoms with E-state index in [-0.39, 0.29) is 11.9 Å². The van der Waals surface area contributed by atoms with E-state index >= 15 is 0 Å². The predicted molar refractivity (Wildman–Crippen MR) is 113 cm³/mol. The van der Waals surface area contributed by atoms with Crippen LogP contribution in [-0.4, -0.2) is 38.8 Å². The van der Waals surface area contributed by atoms with Gasteiger partial charge in [-0.2, -0.15) is 0 Å². The lowest BCUT2D eigenvalue weighted by Gasteiger charge is -2.09. The summed E-state index contributed by atoms with van der Waals surface area (Å²) >= 11 is 0. The predicted octanol–water partition coefficient (Wildman–Crippen LogP) is 4.32. The van der Waals surface area contributed by atoms with Gasteiger partial charge in [-0.3, -0.25) is 0 Å². The maximum absolute atomic E-state index is 11.5. The highest BCUT2D eigenvalue weighted by Crippen LogP contribution is 2.17. The largest absolute Gasteiger partial charge is 0.494 e. The second-order valence-corrected chi connectivity index (χ2v) is 6.30. The number of ether oxygens (including phenoxy) is 3. The first kappa shape index (κ1) is 22.0. The van der Waals surface area contributed by atoms with Crippen molar-refractivity contribution in [2.45, 2.75) is 20.3 Å². The molecule has 2 aromatic rings. The molecule has 0 bridgehead atoms. The van der Waals surface area contributed by atoms with Crippen molar-refractivity contribution in [2.24, 2.45) is 0 Å². The number of carbonyl (C=O) groups is 2. The summed E-state index contributed by atoms with van der Waals surface area (Å²) in [6.45, 7) is 5.36. The number of benzene rings is 2. The average molecular weight is 397 g/mol. The minimum Gasteiger partial charge on any atom is -0.494 e. The Bertz CT molecular complexity index is 825. The number of hydrogen-bond donors (Lipinski definition) is 1. The molecule has 1 N–H and O–H groups in total. The van der Waals surface area contributed by atoms with Crippen LogP contribution in [0.15, 0.2) is 54.6 Å². The molecule has 0 heterocycles. The molecule has 154 valence electrons. The molecule has 2 rings (SSSR count). The van der Waals surface area contributed by atoms with E-state index in [1.165, 1.54) is 13.2 Å². The minimum atomic E-state index is -0.363. The maximum atomic E-state index is 11.5. The molecule has 0 saturated heterocycles. The van der Waals surface area contributed by atoms with E-state index in [9.17, 15) is 9.59 Å². The van der Waals surface area contributed by atoms with Gasteiger partial charge < -0.3 is 19.5 Å². The van der Waals surface area contributed by atoms with Crippen molar-refractivity contribution in [1.29, 1.82) is 0 Å². The van der Waals surface area contributed by atoms with Crippen LogP contribution in [0.2, 0.25) is 0 Å². The lowest BCUT2D eigenvalue weighted by atomic mass is 10.1. The van der Waals surface area contributed by atoms with Crippen molar-refractivity contribution in [3.05, 3.63) is 65.7 Å². The molecular formula is C23H27NO5. The van der Waals surface area contributed by atoms with Crippen LogP contribution >= 0.6 is 0 Å². The zero-order valence-electron chi connectivity index (χ0n) is 17.1. The quantitative estimate of drug-likeness (QED) is 0.366. The molecule has 0 radical (unpaired) electrons. The minimum absolute atomic E-state index is 0.327. The van der Waals surface area contributed by atoms with Crippen molar-refractivity contribution in [3.63, 3.8) is 0 Å². The first-order valence-corrected chi connectivity index (χ1v) is 9.54. The Kier molecular flexibility index (Phi) is 8.76. The molecule has 0 unspecified atom stereocenters. The number of esters is 2. The second-order valence-electron chi connectivity index (χ2n) is 6.30. The molecule has 2 aromatic carbocycles. The molecule has 0 atom stereocenters. The summed E-state index contributed by atoms with van der Waals surface area (Å²) in [5.74, 6) is 0.0244. The van der Waals surface area contributed by atoms with Crippen molar-refractivity contribution >= 4 is 23.2 Å². The van der Waals surface area contributed by atoms with Gasteiger partial charge in [0.15, 0.2) is 0 Å². The zero-order chi connectivity index (χ0) is 21.1. The van der Waals surface area contributed by atoms with Crippen LogP contribution < -0.4 is 10.1 Å². The summed E-state index contributed by atoms with van der Waals surface area (Å²) in [7, 11) is 1.36. The average Bonchev–Trinajstić information content (AvgIpc) is 2.74. The van der Waals surface area contributed by atoms with Crippen LogP contribution in [0.3, 0.4) is 0 Å². The first-order valence-electron chi connectivity index (χ1n) is 9.54. The van der Waals surface area contributed by atoms with Crippen molar-refractivity contribution < 1.29 is 23.8 Å². The van der Waals surface area contributed by atoms with Crippen molar-refractivity contribution in [3.8, 4) is 5.75 Å². The van der Waals surface area contributed by atoms with Crippen LogP contribution in [0.5, 0.6) is 5.75 Å². The molecule has 0 aliphatic heterocycles. The van der Waals surface area contributed by atoms with Crippen molar-refractivity contribution in [2.75, 3.05) is 32.2 Å². The Balaban J connectivity index is 1.72. The molecule has 6 nitrogen and oxygen atoms in total. The Morgan fingerprint density at radius 3 is 2.28 bits per heavy atom. The Morgan fingerprint density at radius 1 is 1.00 bits per heavy atom. The van der Waals surface area contributed by atoms with Crippen LogP contribution in [0.25, 0.3) is 5.57 Å². The molecule has 0 aromatic heterocycles. The highest BCUT2D eigenvalue weighted by atomic mass is 16.5. The van der Waals surface area contributed by atoms with Gasteiger partial charge in [0.05, 0.1) is 25.9 Å². The van der Waals surface area contributed by atoms with E-state index < -0.39 is 0 Å². The standard InChI is InChI=1S/C23H27NO5/c1-4-28-22(25)16-17(2)18-6-10-20(11-7-18)24-14-5-15-29-21-12-8-19(9-13-21)23(26)27-3/h6-13,16,24H,4-5,14-15H2,1-3H3. The van der Waals surface area contributed by atoms with Gasteiger partial charge in [-0.05, 0) is 67.8 Å². The Hall–Kier alpha value is -3.28. The highest BCUT2D eigenvalue weighted by molar-refractivity contribution is 5.91. The Morgan fingerprint density at radius 2 is 1.66 bits per heavy atom. The van der Waals surface area contributed by atoms with Crippen LogP contribution in [0, 0.1) is 0 Å². The van der Waals surface area contributed by atoms with Gasteiger partial charge in [-0.25, -0.2) is 9.59 Å². The third-order valence-corrected chi connectivity index (χ3v) is 4.16. The van der Waals surface area contributed by atoms with Crippen molar-refractivity contribution in [1.82, 2.24) is 0 Å². The summed E-state index contributed by atoms with van der Waals surface area (Å²) in [5, 5.41) is 3.34. The van der Waals surface area contributed by atoms with E-state index in [1.807, 2.05) is 31.2 Å². The SMILES string of the molecule is CCOC(=O)C=C(C)c1ccc(NCCCOc2ccc(C(=O)OC)cc2)cc1. The van der Waals surface area contributed by atoms with Crippen LogP contribution in [-0.2, 0) is 14.3 Å². The topological polar surface area (TPSA) is 73.9 Å². The maximum Gasteiger partial charge on any atom is 0.337 e. The molecule has 0 aliphatic rings. The van der Waals surface area contributed by atoms with E-state index in [1.54, 1.807) is 31.2 Å². The summed E-state index contributed by atoms with van der Waals surface area (Å²) in [6, 6.07) is 14.8. The number of carbonyl (C=O) groups excluding carboxylic acids is 2. The van der Waals surface area contributed by atoms with E-state index in [2.05, 4.69) is 10.1 Å². The van der Waals surface area contributed by atoms with E-state index in [0.717, 1.165) is 29.8 Å². The number of hydrogen-bond acceptors (Lipinski definition) is 6. The number of rotatable bonds is 10. The van der Waals surface area contributed by atoms with Gasteiger partial charge in [0, 0.05) is 18.3 Å². The van der Waals surface area contributed by atoms with Gasteiger partial charge in [-0.1, -0.05) is 12.1 Å². The zero-order valence-corrected chi connectivity index (χ0v) is 17.1. The molecule has 6 heteroatoms. The van der Waals surface area contributed by atoms with Gasteiger partial charge in [0.1, 0.15) is 5.75 Å². The smallest absolute Gasteiger partial charge is 0.337 e. The third-order valence-electron chi connectivity index (χ3n) is 4.16. The second kappa shape index (κ2) is 11.5. The monoisotopic (exact) mass is 397 g/mol. The fraction of sp³-hybridized carbons (Fsp3) is 0.304. The van der Waals surface area contributed by atoms with E-state index in [4.69, 9.17) is 9.47 Å². The molecule has 0 spiro atoms. The molecule has 0 fully saturated rings. The van der Waals surface area contributed by atoms with E-state index in [0.29, 0.717) is 24.5 Å². The highest BCUT2D eigenvalue weighted by Gasteiger charge is 2.05. The lowest BCUT2D eigenvalue weighted by Crippen LogP contribution is -2.07. The molecule has 29 heavy (non-hydrogen) atoms. The first-order chi connectivity index (χ1) is 14.0. The molecule has 0 aliphatic carbocycles. The van der Waals surface area contributed by atoms with Gasteiger partial charge in [-0.15, -0.1) is 0 Å². The van der Waals surface area contributed by atoms with Gasteiger partial charge >= 0.3 is 11.9 Å². The number of methoxy groups -OCH3 is 1. The number of nitrogens with one attached hydrogen (secondary N) is 1. The molecule has 0 saturated carbocycles. The fourth-order valence-electron chi connectivity index (χ4n) is 2.60. The Labute approximate surface area is 171 Å². The summed E-state index contributed by atoms with van der Waals surface area (Å²) in [5.41, 5.74) is 3.33. The number of allylic oxidation sites excluding steroid dienone is 1. The van der Waals surface area contributed by atoms with Crippen LogP contribution in [0.1, 0.15) is 36.2 Å².